The first kappa shape index (κ1) is 13.7. The van der Waals surface area contributed by atoms with Crippen molar-refractivity contribution in [2.75, 3.05) is 6.61 Å². The maximum absolute atomic E-state index is 12.0. The van der Waals surface area contributed by atoms with E-state index in [0.29, 0.717) is 16.0 Å². The van der Waals surface area contributed by atoms with Crippen molar-refractivity contribution >= 4 is 27.5 Å². The van der Waals surface area contributed by atoms with Crippen LogP contribution < -0.4 is 5.56 Å². The minimum absolute atomic E-state index is 0.0180. The number of aliphatic carboxylic acids is 1. The fraction of sp³-hybridized carbons (Fsp3) is 0.417. The number of fused-ring (bicyclic) bond motifs is 1. The summed E-state index contributed by atoms with van der Waals surface area (Å²) in [7, 11) is 0. The lowest BCUT2D eigenvalue weighted by Crippen LogP contribution is -2.14. The number of rotatable bonds is 5. The number of carboxylic acids is 1. The number of carbonyl (C=O) groups is 1. The third-order valence-corrected chi connectivity index (χ3v) is 4.06. The normalized spacial score (nSPS) is 11.1. The zero-order chi connectivity index (χ0) is 14.0. The number of ether oxygens (including phenoxy) is 1. The van der Waals surface area contributed by atoms with Crippen molar-refractivity contribution in [1.29, 1.82) is 0 Å². The quantitative estimate of drug-likeness (QED) is 0.866. The fourth-order valence-corrected chi connectivity index (χ4v) is 3.01. The highest BCUT2D eigenvalue weighted by atomic mass is 32.1. The number of aromatic amines is 1. The minimum atomic E-state index is -1.05. The fourth-order valence-electron chi connectivity index (χ4n) is 1.88. The number of H-pyrrole nitrogens is 1. The molecule has 0 fully saturated rings. The van der Waals surface area contributed by atoms with E-state index in [4.69, 9.17) is 9.84 Å². The van der Waals surface area contributed by atoms with Crippen LogP contribution >= 0.6 is 11.3 Å². The first-order valence-corrected chi connectivity index (χ1v) is 6.65. The third-order valence-electron chi connectivity index (χ3n) is 2.73. The Labute approximate surface area is 113 Å². The van der Waals surface area contributed by atoms with Crippen LogP contribution in [0.5, 0.6) is 0 Å². The molecule has 2 aromatic rings. The van der Waals surface area contributed by atoms with Crippen LogP contribution in [0.25, 0.3) is 10.2 Å². The number of carboxylic acid groups (broad SMARTS) is 1. The molecular weight excluding hydrogens is 268 g/mol. The summed E-state index contributed by atoms with van der Waals surface area (Å²) >= 11 is 1.49. The number of nitrogens with zero attached hydrogens (tertiary/aromatic N) is 1. The van der Waals surface area contributed by atoms with Crippen molar-refractivity contribution in [3.8, 4) is 0 Å². The van der Waals surface area contributed by atoms with Crippen LogP contribution in [0.15, 0.2) is 4.79 Å². The van der Waals surface area contributed by atoms with Gasteiger partial charge in [0.25, 0.3) is 5.56 Å². The lowest BCUT2D eigenvalue weighted by molar-refractivity contribution is -0.142. The summed E-state index contributed by atoms with van der Waals surface area (Å²) in [6.07, 6.45) is 0.858. The number of aromatic nitrogens is 2. The number of nitrogens with one attached hydrogen (secondary N) is 1. The van der Waals surface area contributed by atoms with Gasteiger partial charge < -0.3 is 14.8 Å². The Bertz CT molecular complexity index is 674. The molecule has 0 amide bonds. The number of aryl methyl sites for hydroxylation is 2. The molecule has 2 N–H and O–H groups in total. The minimum Gasteiger partial charge on any atom is -0.480 e. The molecule has 0 atom stereocenters. The lowest BCUT2D eigenvalue weighted by Gasteiger charge is -2.01. The summed E-state index contributed by atoms with van der Waals surface area (Å²) in [5.41, 5.74) is 0.765. The Hall–Kier alpha value is -1.73. The van der Waals surface area contributed by atoms with E-state index in [0.717, 1.165) is 16.9 Å². The molecule has 0 saturated carbocycles. The van der Waals surface area contributed by atoms with Crippen LogP contribution in [0.3, 0.4) is 0 Å². The first-order valence-electron chi connectivity index (χ1n) is 5.83. The highest BCUT2D eigenvalue weighted by molar-refractivity contribution is 7.18. The molecule has 2 rings (SSSR count). The highest BCUT2D eigenvalue weighted by Crippen LogP contribution is 2.27. The van der Waals surface area contributed by atoms with E-state index in [1.807, 2.05) is 13.8 Å². The maximum atomic E-state index is 12.0. The average molecular weight is 282 g/mol. The van der Waals surface area contributed by atoms with Crippen molar-refractivity contribution in [2.45, 2.75) is 26.9 Å². The molecule has 0 aliphatic rings. The molecular formula is C12H14N2O4S. The zero-order valence-corrected chi connectivity index (χ0v) is 11.5. The lowest BCUT2D eigenvalue weighted by atomic mass is 10.2. The van der Waals surface area contributed by atoms with Gasteiger partial charge in [0.1, 0.15) is 23.9 Å². The number of hydrogen-bond donors (Lipinski definition) is 2. The van der Waals surface area contributed by atoms with Gasteiger partial charge in [0, 0.05) is 4.88 Å². The Morgan fingerprint density at radius 1 is 1.53 bits per heavy atom. The van der Waals surface area contributed by atoms with Gasteiger partial charge in [0.15, 0.2) is 0 Å². The predicted molar refractivity (Wildman–Crippen MR) is 71.6 cm³/mol. The summed E-state index contributed by atoms with van der Waals surface area (Å²) in [6.45, 7) is 3.51. The molecule has 0 aliphatic heterocycles. The van der Waals surface area contributed by atoms with Crippen molar-refractivity contribution in [2.24, 2.45) is 0 Å². The smallest absolute Gasteiger partial charge is 0.329 e. The third kappa shape index (κ3) is 2.82. The second-order valence-electron chi connectivity index (χ2n) is 4.08. The van der Waals surface area contributed by atoms with E-state index in [-0.39, 0.29) is 12.2 Å². The molecule has 0 saturated heterocycles. The van der Waals surface area contributed by atoms with Crippen LogP contribution in [0.2, 0.25) is 0 Å². The van der Waals surface area contributed by atoms with Gasteiger partial charge in [-0.15, -0.1) is 11.3 Å². The Balaban J connectivity index is 2.34. The summed E-state index contributed by atoms with van der Waals surface area (Å²) in [6, 6.07) is 0. The van der Waals surface area contributed by atoms with Gasteiger partial charge in [-0.3, -0.25) is 4.79 Å². The highest BCUT2D eigenvalue weighted by Gasteiger charge is 2.13. The largest absolute Gasteiger partial charge is 0.480 e. The van der Waals surface area contributed by atoms with Gasteiger partial charge in [-0.2, -0.15) is 0 Å². The Kier molecular flexibility index (Phi) is 3.96. The van der Waals surface area contributed by atoms with Crippen molar-refractivity contribution < 1.29 is 14.6 Å². The van der Waals surface area contributed by atoms with Crippen molar-refractivity contribution in [3.05, 3.63) is 26.6 Å². The second kappa shape index (κ2) is 5.50. The summed E-state index contributed by atoms with van der Waals surface area (Å²) in [4.78, 5) is 31.1. The van der Waals surface area contributed by atoms with Gasteiger partial charge in [-0.25, -0.2) is 9.78 Å². The van der Waals surface area contributed by atoms with Crippen LogP contribution in [-0.2, 0) is 22.6 Å². The van der Waals surface area contributed by atoms with Crippen LogP contribution in [0.1, 0.15) is 23.2 Å². The molecule has 0 unspecified atom stereocenters. The van der Waals surface area contributed by atoms with E-state index in [1.165, 1.54) is 11.3 Å². The number of hydrogen-bond acceptors (Lipinski definition) is 5. The predicted octanol–water partition coefficient (Wildman–Crippen LogP) is 1.46. The van der Waals surface area contributed by atoms with Crippen molar-refractivity contribution in [3.63, 3.8) is 0 Å². The van der Waals surface area contributed by atoms with E-state index in [2.05, 4.69) is 9.97 Å². The van der Waals surface area contributed by atoms with Crippen LogP contribution in [0.4, 0.5) is 0 Å². The SMILES string of the molecule is CCc1sc2nc(COCC(=O)O)[nH]c(=O)c2c1C. The van der Waals surface area contributed by atoms with Gasteiger partial charge in [-0.1, -0.05) is 6.92 Å². The van der Waals surface area contributed by atoms with Gasteiger partial charge in [0.05, 0.1) is 5.39 Å². The molecule has 19 heavy (non-hydrogen) atoms. The number of thiophene rings is 1. The van der Waals surface area contributed by atoms with Crippen LogP contribution in [0, 0.1) is 6.92 Å². The average Bonchev–Trinajstić information content (AvgIpc) is 2.66. The van der Waals surface area contributed by atoms with Crippen LogP contribution in [-0.4, -0.2) is 27.7 Å². The molecule has 0 spiro atoms. The monoisotopic (exact) mass is 282 g/mol. The first-order chi connectivity index (χ1) is 9.02. The van der Waals surface area contributed by atoms with Gasteiger partial charge >= 0.3 is 5.97 Å². The zero-order valence-electron chi connectivity index (χ0n) is 10.6. The van der Waals surface area contributed by atoms with E-state index in [9.17, 15) is 9.59 Å². The molecule has 102 valence electrons. The van der Waals surface area contributed by atoms with Gasteiger partial charge in [0.2, 0.25) is 0 Å². The van der Waals surface area contributed by atoms with E-state index in [1.54, 1.807) is 0 Å². The molecule has 6 nitrogen and oxygen atoms in total. The molecule has 0 radical (unpaired) electrons. The molecule has 2 aromatic heterocycles. The molecule has 0 aliphatic carbocycles. The van der Waals surface area contributed by atoms with Crippen molar-refractivity contribution in [1.82, 2.24) is 9.97 Å². The molecule has 0 aromatic carbocycles. The Morgan fingerprint density at radius 3 is 2.89 bits per heavy atom. The molecule has 7 heteroatoms. The topological polar surface area (TPSA) is 92.3 Å². The van der Waals surface area contributed by atoms with E-state index < -0.39 is 12.6 Å². The standard InChI is InChI=1S/C12H14N2O4S/c1-3-7-6(2)10-11(17)13-8(14-12(10)19-7)4-18-5-9(15)16/h3-5H2,1-2H3,(H,15,16)(H,13,14,17). The summed E-state index contributed by atoms with van der Waals surface area (Å²) in [5, 5.41) is 9.09. The molecule has 0 bridgehead atoms. The second-order valence-corrected chi connectivity index (χ2v) is 5.17. The Morgan fingerprint density at radius 2 is 2.26 bits per heavy atom. The van der Waals surface area contributed by atoms with E-state index >= 15 is 0 Å². The summed E-state index contributed by atoms with van der Waals surface area (Å²) in [5.74, 6) is -0.702. The maximum Gasteiger partial charge on any atom is 0.329 e. The molecule has 2 heterocycles. The summed E-state index contributed by atoms with van der Waals surface area (Å²) < 4.78 is 4.92. The van der Waals surface area contributed by atoms with Gasteiger partial charge in [-0.05, 0) is 18.9 Å².